The highest BCUT2D eigenvalue weighted by Gasteiger charge is 2.25. The maximum absolute atomic E-state index is 12.7. The molecule has 0 spiro atoms. The van der Waals surface area contributed by atoms with Crippen LogP contribution in [0, 0.1) is 13.8 Å². The lowest BCUT2D eigenvalue weighted by atomic mass is 10.0. The third kappa shape index (κ3) is 2.74. The fraction of sp³-hybridized carbons (Fsp3) is 0.400. The molecule has 0 aliphatic heterocycles. The molecule has 0 aliphatic carbocycles. The largest absolute Gasteiger partial charge is 0.480 e. The van der Waals surface area contributed by atoms with Crippen molar-refractivity contribution in [2.24, 2.45) is 0 Å². The van der Waals surface area contributed by atoms with Gasteiger partial charge in [0.2, 0.25) is 5.88 Å². The molecule has 0 saturated heterocycles. The van der Waals surface area contributed by atoms with Crippen LogP contribution >= 0.6 is 0 Å². The summed E-state index contributed by atoms with van der Waals surface area (Å²) in [6.45, 7) is 5.86. The molecule has 2 rings (SSSR count). The van der Waals surface area contributed by atoms with Crippen LogP contribution in [0.25, 0.3) is 0 Å². The molecular formula is C15H20N4O2. The maximum Gasteiger partial charge on any atom is 0.259 e. The lowest BCUT2D eigenvalue weighted by Gasteiger charge is -2.26. The Morgan fingerprint density at radius 3 is 2.71 bits per heavy atom. The molecule has 0 fully saturated rings. The van der Waals surface area contributed by atoms with Crippen molar-refractivity contribution in [2.75, 3.05) is 14.2 Å². The Morgan fingerprint density at radius 1 is 1.43 bits per heavy atom. The van der Waals surface area contributed by atoms with E-state index in [1.807, 2.05) is 20.8 Å². The zero-order valence-corrected chi connectivity index (χ0v) is 13.0. The molecule has 2 aromatic heterocycles. The minimum absolute atomic E-state index is 0.0961. The van der Waals surface area contributed by atoms with Crippen molar-refractivity contribution in [1.29, 1.82) is 0 Å². The Hall–Kier alpha value is -2.37. The van der Waals surface area contributed by atoms with Gasteiger partial charge in [-0.15, -0.1) is 0 Å². The minimum atomic E-state index is -0.132. The van der Waals surface area contributed by atoms with Crippen molar-refractivity contribution in [3.8, 4) is 5.88 Å². The Kier molecular flexibility index (Phi) is 4.26. The van der Waals surface area contributed by atoms with E-state index in [9.17, 15) is 4.79 Å². The van der Waals surface area contributed by atoms with Gasteiger partial charge in [0.15, 0.2) is 0 Å². The number of pyridine rings is 1. The quantitative estimate of drug-likeness (QED) is 0.936. The summed E-state index contributed by atoms with van der Waals surface area (Å²) in [5.74, 6) is 0.203. The summed E-state index contributed by atoms with van der Waals surface area (Å²) in [6, 6.07) is 3.34. The number of hydrogen-bond donors (Lipinski definition) is 1. The summed E-state index contributed by atoms with van der Waals surface area (Å²) in [5.41, 5.74) is 3.36. The molecule has 0 radical (unpaired) electrons. The smallest absolute Gasteiger partial charge is 0.259 e. The molecule has 112 valence electrons. The highest BCUT2D eigenvalue weighted by Crippen LogP contribution is 2.26. The number of carbonyl (C=O) groups is 1. The molecule has 2 aromatic rings. The number of methoxy groups -OCH3 is 1. The number of ether oxygens (including phenoxy) is 1. The van der Waals surface area contributed by atoms with Gasteiger partial charge in [-0.1, -0.05) is 0 Å². The third-order valence-corrected chi connectivity index (χ3v) is 3.70. The van der Waals surface area contributed by atoms with Crippen molar-refractivity contribution in [2.45, 2.75) is 26.8 Å². The van der Waals surface area contributed by atoms with Crippen LogP contribution in [-0.2, 0) is 0 Å². The second-order valence-electron chi connectivity index (χ2n) is 5.00. The van der Waals surface area contributed by atoms with Gasteiger partial charge in [0.1, 0.15) is 5.56 Å². The number of aromatic amines is 1. The molecule has 1 amide bonds. The molecule has 1 N–H and O–H groups in total. The average Bonchev–Trinajstić information content (AvgIpc) is 2.84. The summed E-state index contributed by atoms with van der Waals surface area (Å²) in [6.07, 6.45) is 1.60. The number of rotatable bonds is 4. The Labute approximate surface area is 124 Å². The topological polar surface area (TPSA) is 71.1 Å². The first-order chi connectivity index (χ1) is 9.97. The highest BCUT2D eigenvalue weighted by atomic mass is 16.5. The predicted octanol–water partition coefficient (Wildman–Crippen LogP) is 2.26. The van der Waals surface area contributed by atoms with E-state index in [2.05, 4.69) is 15.2 Å². The van der Waals surface area contributed by atoms with Crippen LogP contribution < -0.4 is 4.74 Å². The lowest BCUT2D eigenvalue weighted by Crippen LogP contribution is -2.30. The molecule has 0 bridgehead atoms. The second kappa shape index (κ2) is 5.95. The van der Waals surface area contributed by atoms with Crippen LogP contribution in [0.2, 0.25) is 0 Å². The van der Waals surface area contributed by atoms with Crippen LogP contribution in [0.5, 0.6) is 5.88 Å². The Balaban J connectivity index is 2.31. The van der Waals surface area contributed by atoms with Crippen molar-refractivity contribution >= 4 is 5.91 Å². The number of H-pyrrole nitrogens is 1. The van der Waals surface area contributed by atoms with Crippen LogP contribution in [0.15, 0.2) is 18.3 Å². The number of amides is 1. The van der Waals surface area contributed by atoms with Gasteiger partial charge in [-0.05, 0) is 32.9 Å². The van der Waals surface area contributed by atoms with E-state index in [4.69, 9.17) is 4.74 Å². The van der Waals surface area contributed by atoms with Crippen LogP contribution in [0.3, 0.4) is 0 Å². The summed E-state index contributed by atoms with van der Waals surface area (Å²) in [5, 5.41) is 7.13. The molecule has 6 heteroatoms. The monoisotopic (exact) mass is 288 g/mol. The average molecular weight is 288 g/mol. The molecule has 1 atom stereocenters. The fourth-order valence-electron chi connectivity index (χ4n) is 2.45. The number of nitrogens with one attached hydrogen (secondary N) is 1. The first-order valence-corrected chi connectivity index (χ1v) is 6.75. The molecule has 2 heterocycles. The first kappa shape index (κ1) is 15.0. The highest BCUT2D eigenvalue weighted by molar-refractivity contribution is 5.96. The molecule has 6 nitrogen and oxygen atoms in total. The van der Waals surface area contributed by atoms with Crippen LogP contribution in [0.4, 0.5) is 0 Å². The molecule has 21 heavy (non-hydrogen) atoms. The Morgan fingerprint density at radius 2 is 2.14 bits per heavy atom. The Bertz CT molecular complexity index is 631. The van der Waals surface area contributed by atoms with Gasteiger partial charge in [-0.2, -0.15) is 5.10 Å². The molecular weight excluding hydrogens is 268 g/mol. The zero-order valence-electron chi connectivity index (χ0n) is 13.0. The number of aryl methyl sites for hydroxylation is 2. The molecule has 0 aliphatic rings. The van der Waals surface area contributed by atoms with Gasteiger partial charge in [0.25, 0.3) is 5.91 Å². The van der Waals surface area contributed by atoms with Crippen LogP contribution in [0.1, 0.15) is 40.3 Å². The second-order valence-corrected chi connectivity index (χ2v) is 5.00. The number of carbonyl (C=O) groups excluding carboxylic acids is 1. The summed E-state index contributed by atoms with van der Waals surface area (Å²) in [4.78, 5) is 18.4. The van der Waals surface area contributed by atoms with Crippen molar-refractivity contribution in [3.63, 3.8) is 0 Å². The van der Waals surface area contributed by atoms with E-state index in [0.717, 1.165) is 17.0 Å². The fourth-order valence-corrected chi connectivity index (χ4v) is 2.45. The van der Waals surface area contributed by atoms with Gasteiger partial charge in [-0.25, -0.2) is 4.98 Å². The lowest BCUT2D eigenvalue weighted by molar-refractivity contribution is 0.0738. The van der Waals surface area contributed by atoms with Gasteiger partial charge in [0.05, 0.1) is 18.8 Å². The summed E-state index contributed by atoms with van der Waals surface area (Å²) in [7, 11) is 3.28. The van der Waals surface area contributed by atoms with Crippen LogP contribution in [-0.4, -0.2) is 40.1 Å². The normalized spacial score (nSPS) is 12.0. The van der Waals surface area contributed by atoms with Gasteiger partial charge in [0, 0.05) is 24.5 Å². The van der Waals surface area contributed by atoms with E-state index < -0.39 is 0 Å². The van der Waals surface area contributed by atoms with Crippen molar-refractivity contribution in [1.82, 2.24) is 20.1 Å². The van der Waals surface area contributed by atoms with E-state index >= 15 is 0 Å². The number of nitrogens with zero attached hydrogens (tertiary/aromatic N) is 3. The van der Waals surface area contributed by atoms with Gasteiger partial charge < -0.3 is 9.64 Å². The van der Waals surface area contributed by atoms with E-state index in [1.165, 1.54) is 7.11 Å². The first-order valence-electron chi connectivity index (χ1n) is 6.75. The molecule has 0 saturated carbocycles. The summed E-state index contributed by atoms with van der Waals surface area (Å²) < 4.78 is 5.16. The van der Waals surface area contributed by atoms with Crippen molar-refractivity contribution in [3.05, 3.63) is 40.8 Å². The molecule has 0 aromatic carbocycles. The van der Waals surface area contributed by atoms with Gasteiger partial charge in [-0.3, -0.25) is 9.89 Å². The van der Waals surface area contributed by atoms with Gasteiger partial charge >= 0.3 is 0 Å². The number of hydrogen-bond acceptors (Lipinski definition) is 4. The molecule has 0 unspecified atom stereocenters. The van der Waals surface area contributed by atoms with Crippen molar-refractivity contribution < 1.29 is 9.53 Å². The van der Waals surface area contributed by atoms with E-state index in [1.54, 1.807) is 30.3 Å². The zero-order chi connectivity index (χ0) is 15.6. The standard InChI is InChI=1S/C15H20N4O2/c1-9-13(10(2)18-17-9)11(3)19(4)15(20)12-7-6-8-16-14(12)21-5/h6-8,11H,1-5H3,(H,17,18)/t11-/m0/s1. The number of aromatic nitrogens is 3. The van der Waals surface area contributed by atoms with E-state index in [0.29, 0.717) is 11.4 Å². The predicted molar refractivity (Wildman–Crippen MR) is 79.4 cm³/mol. The summed E-state index contributed by atoms with van der Waals surface area (Å²) >= 11 is 0. The SMILES string of the molecule is COc1ncccc1C(=O)N(C)[C@@H](C)c1c(C)n[nH]c1C. The third-order valence-electron chi connectivity index (χ3n) is 3.70. The minimum Gasteiger partial charge on any atom is -0.480 e. The van der Waals surface area contributed by atoms with E-state index in [-0.39, 0.29) is 11.9 Å². The maximum atomic E-state index is 12.7.